The van der Waals surface area contributed by atoms with Crippen molar-refractivity contribution in [2.24, 2.45) is 5.92 Å². The lowest BCUT2D eigenvalue weighted by molar-refractivity contribution is 0.344. The van der Waals surface area contributed by atoms with Gasteiger partial charge in [-0.1, -0.05) is 13.8 Å². The quantitative estimate of drug-likeness (QED) is 0.857. The van der Waals surface area contributed by atoms with E-state index >= 15 is 0 Å². The van der Waals surface area contributed by atoms with Crippen LogP contribution in [-0.2, 0) is 16.6 Å². The molecule has 2 atom stereocenters. The third kappa shape index (κ3) is 3.16. The van der Waals surface area contributed by atoms with Crippen LogP contribution >= 0.6 is 0 Å². The summed E-state index contributed by atoms with van der Waals surface area (Å²) in [4.78, 5) is 2.50. The predicted molar refractivity (Wildman–Crippen MR) is 73.3 cm³/mol. The molecular weight excluding hydrogens is 264 g/mol. The molecule has 1 aliphatic rings. The first kappa shape index (κ1) is 14.5. The van der Waals surface area contributed by atoms with Crippen molar-refractivity contribution in [3.8, 4) is 0 Å². The zero-order valence-electron chi connectivity index (χ0n) is 11.7. The van der Waals surface area contributed by atoms with Gasteiger partial charge in [0, 0.05) is 31.9 Å². The maximum Gasteiger partial charge on any atom is 0.243 e. The molecule has 1 fully saturated rings. The monoisotopic (exact) mass is 286 g/mol. The van der Waals surface area contributed by atoms with Crippen LogP contribution < -0.4 is 4.72 Å². The summed E-state index contributed by atoms with van der Waals surface area (Å²) in [5.74, 6) is 0.330. The maximum absolute atomic E-state index is 12.3. The topological polar surface area (TPSA) is 67.2 Å². The minimum absolute atomic E-state index is 0.0186. The van der Waals surface area contributed by atoms with Crippen LogP contribution in [-0.4, -0.2) is 48.8 Å². The van der Waals surface area contributed by atoms with Gasteiger partial charge in [-0.2, -0.15) is 5.10 Å². The van der Waals surface area contributed by atoms with Gasteiger partial charge in [-0.25, -0.2) is 13.1 Å². The van der Waals surface area contributed by atoms with E-state index in [-0.39, 0.29) is 10.9 Å². The number of rotatable bonds is 5. The van der Waals surface area contributed by atoms with E-state index in [9.17, 15) is 8.42 Å². The lowest BCUT2D eigenvalue weighted by Crippen LogP contribution is -2.39. The summed E-state index contributed by atoms with van der Waals surface area (Å²) < 4.78 is 29.0. The van der Waals surface area contributed by atoms with E-state index in [2.05, 4.69) is 28.6 Å². The van der Waals surface area contributed by atoms with E-state index in [1.807, 2.05) is 6.92 Å². The molecule has 2 heterocycles. The molecule has 0 radical (unpaired) electrons. The van der Waals surface area contributed by atoms with Crippen molar-refractivity contribution >= 4 is 10.0 Å². The number of sulfonamides is 1. The molecule has 0 aliphatic carbocycles. The summed E-state index contributed by atoms with van der Waals surface area (Å²) in [6.45, 7) is 9.44. The molecule has 0 saturated carbocycles. The molecule has 19 heavy (non-hydrogen) atoms. The van der Waals surface area contributed by atoms with Gasteiger partial charge in [0.05, 0.1) is 6.20 Å². The van der Waals surface area contributed by atoms with Crippen molar-refractivity contribution in [1.82, 2.24) is 19.4 Å². The minimum atomic E-state index is -3.46. The third-order valence-corrected chi connectivity index (χ3v) is 5.13. The van der Waals surface area contributed by atoms with E-state index in [0.29, 0.717) is 12.5 Å². The van der Waals surface area contributed by atoms with Gasteiger partial charge in [-0.3, -0.25) is 4.68 Å². The van der Waals surface area contributed by atoms with Crippen LogP contribution in [0.25, 0.3) is 0 Å². The smallest absolute Gasteiger partial charge is 0.243 e. The van der Waals surface area contributed by atoms with E-state index in [1.165, 1.54) is 6.20 Å². The molecule has 1 saturated heterocycles. The molecule has 1 aliphatic heterocycles. The Morgan fingerprint density at radius 1 is 1.37 bits per heavy atom. The average Bonchev–Trinajstić information content (AvgIpc) is 2.97. The predicted octanol–water partition coefficient (Wildman–Crippen LogP) is 0.521. The van der Waals surface area contributed by atoms with E-state index in [1.54, 1.807) is 10.9 Å². The lowest BCUT2D eigenvalue weighted by atomic mass is 10.1. The zero-order chi connectivity index (χ0) is 14.0. The van der Waals surface area contributed by atoms with Gasteiger partial charge in [0.2, 0.25) is 10.0 Å². The summed E-state index contributed by atoms with van der Waals surface area (Å²) in [6.07, 6.45) is 2.97. The second-order valence-corrected chi connectivity index (χ2v) is 6.80. The van der Waals surface area contributed by atoms with Gasteiger partial charge in [0.1, 0.15) is 4.90 Å². The molecule has 0 spiro atoms. The Kier molecular flexibility index (Phi) is 4.27. The van der Waals surface area contributed by atoms with Crippen LogP contribution in [0, 0.1) is 5.92 Å². The van der Waals surface area contributed by atoms with Crippen molar-refractivity contribution in [3.05, 3.63) is 12.4 Å². The highest BCUT2D eigenvalue weighted by Gasteiger charge is 2.32. The van der Waals surface area contributed by atoms with E-state index in [4.69, 9.17) is 0 Å². The number of hydrogen-bond acceptors (Lipinski definition) is 4. The molecule has 1 aromatic rings. The fourth-order valence-electron chi connectivity index (χ4n) is 2.40. The molecule has 2 rings (SSSR count). The Morgan fingerprint density at radius 3 is 2.63 bits per heavy atom. The van der Waals surface area contributed by atoms with Crippen LogP contribution in [0.1, 0.15) is 20.8 Å². The van der Waals surface area contributed by atoms with E-state index in [0.717, 1.165) is 19.6 Å². The Labute approximate surface area is 114 Å². The molecule has 108 valence electrons. The Bertz CT molecular complexity index is 526. The Morgan fingerprint density at radius 2 is 2.11 bits per heavy atom. The van der Waals surface area contributed by atoms with E-state index < -0.39 is 10.0 Å². The first-order valence-corrected chi connectivity index (χ1v) is 8.21. The first-order valence-electron chi connectivity index (χ1n) is 6.73. The van der Waals surface area contributed by atoms with Gasteiger partial charge in [0.15, 0.2) is 0 Å². The second kappa shape index (κ2) is 5.60. The van der Waals surface area contributed by atoms with Crippen molar-refractivity contribution < 1.29 is 8.42 Å². The second-order valence-electron chi connectivity index (χ2n) is 5.09. The molecule has 0 aromatic carbocycles. The summed E-state index contributed by atoms with van der Waals surface area (Å²) in [5.41, 5.74) is 0. The number of likely N-dealkylation sites (tertiary alicyclic amines) is 1. The summed E-state index contributed by atoms with van der Waals surface area (Å²) >= 11 is 0. The molecule has 6 nitrogen and oxygen atoms in total. The van der Waals surface area contributed by atoms with Gasteiger partial charge in [-0.05, 0) is 19.4 Å². The third-order valence-electron chi connectivity index (χ3n) is 3.69. The molecular formula is C12H22N4O2S. The highest BCUT2D eigenvalue weighted by molar-refractivity contribution is 7.89. The normalized spacial score (nSPS) is 25.0. The van der Waals surface area contributed by atoms with Crippen LogP contribution in [0.15, 0.2) is 17.3 Å². The largest absolute Gasteiger partial charge is 0.302 e. The molecule has 1 aromatic heterocycles. The van der Waals surface area contributed by atoms with Gasteiger partial charge >= 0.3 is 0 Å². The Hall–Kier alpha value is -0.920. The van der Waals surface area contributed by atoms with Crippen molar-refractivity contribution in [1.29, 1.82) is 0 Å². The molecule has 7 heteroatoms. The van der Waals surface area contributed by atoms with Crippen molar-refractivity contribution in [2.45, 2.75) is 38.3 Å². The molecule has 2 unspecified atom stereocenters. The van der Waals surface area contributed by atoms with Gasteiger partial charge in [-0.15, -0.1) is 0 Å². The molecule has 1 N–H and O–H groups in total. The minimum Gasteiger partial charge on any atom is -0.302 e. The fourth-order valence-corrected chi connectivity index (χ4v) is 3.69. The number of aromatic nitrogens is 2. The summed E-state index contributed by atoms with van der Waals surface area (Å²) in [6, 6.07) is -0.0186. The van der Waals surface area contributed by atoms with Crippen LogP contribution in [0.2, 0.25) is 0 Å². The number of likely N-dealkylation sites (N-methyl/N-ethyl adjacent to an activating group) is 1. The van der Waals surface area contributed by atoms with Crippen LogP contribution in [0.3, 0.4) is 0 Å². The SMILES string of the molecule is CCN1CC(C)C(NS(=O)(=O)c2cnn(CC)c2)C1. The highest BCUT2D eigenvalue weighted by Crippen LogP contribution is 2.18. The molecule has 0 bridgehead atoms. The molecule has 0 amide bonds. The maximum atomic E-state index is 12.3. The fraction of sp³-hybridized carbons (Fsp3) is 0.750. The number of hydrogen-bond donors (Lipinski definition) is 1. The standard InChI is InChI=1S/C12H22N4O2S/c1-4-15-7-10(3)12(9-15)14-19(17,18)11-6-13-16(5-2)8-11/h6,8,10,12,14H,4-5,7,9H2,1-3H3. The Balaban J connectivity index is 2.09. The average molecular weight is 286 g/mol. The number of nitrogens with one attached hydrogen (secondary N) is 1. The number of aryl methyl sites for hydroxylation is 1. The van der Waals surface area contributed by atoms with Crippen LogP contribution in [0.5, 0.6) is 0 Å². The van der Waals surface area contributed by atoms with Gasteiger partial charge < -0.3 is 4.90 Å². The summed E-state index contributed by atoms with van der Waals surface area (Å²) in [7, 11) is -3.46. The van der Waals surface area contributed by atoms with Gasteiger partial charge in [0.25, 0.3) is 0 Å². The van der Waals surface area contributed by atoms with Crippen LogP contribution in [0.4, 0.5) is 0 Å². The summed E-state index contributed by atoms with van der Waals surface area (Å²) in [5, 5.41) is 4.01. The van der Waals surface area contributed by atoms with Crippen molar-refractivity contribution in [2.75, 3.05) is 19.6 Å². The first-order chi connectivity index (χ1) is 8.96. The zero-order valence-corrected chi connectivity index (χ0v) is 12.5. The van der Waals surface area contributed by atoms with Crippen molar-refractivity contribution in [3.63, 3.8) is 0 Å². The highest BCUT2D eigenvalue weighted by atomic mass is 32.2. The number of nitrogens with zero attached hydrogens (tertiary/aromatic N) is 3. The lowest BCUT2D eigenvalue weighted by Gasteiger charge is -2.16.